The zero-order valence-corrected chi connectivity index (χ0v) is 15.2. The summed E-state index contributed by atoms with van der Waals surface area (Å²) in [5, 5.41) is 2.88. The Kier molecular flexibility index (Phi) is 7.06. The van der Waals surface area contributed by atoms with Crippen LogP contribution in [0, 0.1) is 5.92 Å². The number of hydrogen-bond donors (Lipinski definition) is 1. The lowest BCUT2D eigenvalue weighted by Crippen LogP contribution is -2.46. The monoisotopic (exact) mass is 349 g/mol. The number of nitrogens with one attached hydrogen (secondary N) is 1. The Morgan fingerprint density at radius 2 is 2.12 bits per heavy atom. The molecule has 0 aromatic heterocycles. The van der Waals surface area contributed by atoms with E-state index in [1.165, 1.54) is 0 Å². The summed E-state index contributed by atoms with van der Waals surface area (Å²) in [7, 11) is 5.11. The van der Waals surface area contributed by atoms with Crippen molar-refractivity contribution in [3.05, 3.63) is 24.3 Å². The number of likely N-dealkylation sites (tertiary alicyclic amines) is 1. The number of carbonyl (C=O) groups excluding carboxylic acids is 2. The first-order chi connectivity index (χ1) is 12.0. The van der Waals surface area contributed by atoms with Gasteiger partial charge in [-0.2, -0.15) is 0 Å². The molecule has 1 fully saturated rings. The highest BCUT2D eigenvalue weighted by molar-refractivity contribution is 5.90. The highest BCUT2D eigenvalue weighted by atomic mass is 16.5. The molecule has 3 amide bonds. The Labute approximate surface area is 148 Å². The van der Waals surface area contributed by atoms with E-state index in [9.17, 15) is 9.59 Å². The van der Waals surface area contributed by atoms with Gasteiger partial charge in [0.2, 0.25) is 5.91 Å². The van der Waals surface area contributed by atoms with E-state index in [0.717, 1.165) is 12.8 Å². The van der Waals surface area contributed by atoms with Gasteiger partial charge < -0.3 is 24.6 Å². The molecule has 0 aliphatic carbocycles. The van der Waals surface area contributed by atoms with E-state index in [1.807, 2.05) is 18.2 Å². The van der Waals surface area contributed by atoms with Crippen molar-refractivity contribution >= 4 is 17.6 Å². The molecule has 0 unspecified atom stereocenters. The molecule has 1 heterocycles. The van der Waals surface area contributed by atoms with Gasteiger partial charge in [0.05, 0.1) is 12.5 Å². The molecular formula is C18H27N3O4. The van der Waals surface area contributed by atoms with Crippen LogP contribution in [0.15, 0.2) is 24.3 Å². The topological polar surface area (TPSA) is 71.1 Å². The van der Waals surface area contributed by atoms with Crippen molar-refractivity contribution in [2.24, 2.45) is 5.92 Å². The van der Waals surface area contributed by atoms with Crippen molar-refractivity contribution < 1.29 is 19.1 Å². The summed E-state index contributed by atoms with van der Waals surface area (Å²) in [5.41, 5.74) is 0.668. The molecule has 0 spiro atoms. The summed E-state index contributed by atoms with van der Waals surface area (Å²) in [4.78, 5) is 27.9. The van der Waals surface area contributed by atoms with Crippen LogP contribution in [0.4, 0.5) is 10.5 Å². The molecule has 1 aliphatic heterocycles. The molecule has 2 rings (SSSR count). The Balaban J connectivity index is 1.92. The SMILES string of the molecule is COCCOc1cccc(NC(=O)N2CCC[C@@H](C(=O)N(C)C)C2)c1. The highest BCUT2D eigenvalue weighted by Gasteiger charge is 2.29. The minimum Gasteiger partial charge on any atom is -0.491 e. The molecule has 7 nitrogen and oxygen atoms in total. The number of methoxy groups -OCH3 is 1. The molecule has 7 heteroatoms. The number of benzene rings is 1. The second-order valence-corrected chi connectivity index (χ2v) is 6.32. The molecule has 1 atom stereocenters. The van der Waals surface area contributed by atoms with Crippen LogP contribution in [0.1, 0.15) is 12.8 Å². The van der Waals surface area contributed by atoms with Gasteiger partial charge in [-0.15, -0.1) is 0 Å². The predicted octanol–water partition coefficient (Wildman–Crippen LogP) is 2.04. The van der Waals surface area contributed by atoms with Crippen LogP contribution < -0.4 is 10.1 Å². The van der Waals surface area contributed by atoms with Crippen LogP contribution in [0.2, 0.25) is 0 Å². The molecule has 138 valence electrons. The molecule has 0 bridgehead atoms. The normalized spacial score (nSPS) is 17.1. The number of urea groups is 1. The zero-order valence-electron chi connectivity index (χ0n) is 15.2. The van der Waals surface area contributed by atoms with Crippen molar-refractivity contribution in [3.8, 4) is 5.75 Å². The summed E-state index contributed by atoms with van der Waals surface area (Å²) < 4.78 is 10.5. The molecule has 0 saturated carbocycles. The molecule has 1 saturated heterocycles. The third kappa shape index (κ3) is 5.63. The quantitative estimate of drug-likeness (QED) is 0.798. The van der Waals surface area contributed by atoms with Gasteiger partial charge in [-0.05, 0) is 25.0 Å². The summed E-state index contributed by atoms with van der Waals surface area (Å²) in [6, 6.07) is 7.06. The lowest BCUT2D eigenvalue weighted by atomic mass is 9.97. The third-order valence-electron chi connectivity index (χ3n) is 4.14. The van der Waals surface area contributed by atoms with Gasteiger partial charge in [0.15, 0.2) is 0 Å². The van der Waals surface area contributed by atoms with Crippen molar-refractivity contribution in [1.82, 2.24) is 9.80 Å². The maximum Gasteiger partial charge on any atom is 0.321 e. The Morgan fingerprint density at radius 1 is 1.32 bits per heavy atom. The van der Waals surface area contributed by atoms with Gasteiger partial charge in [-0.3, -0.25) is 4.79 Å². The minimum absolute atomic E-state index is 0.0750. The lowest BCUT2D eigenvalue weighted by molar-refractivity contribution is -0.134. The average Bonchev–Trinajstić information content (AvgIpc) is 2.61. The van der Waals surface area contributed by atoms with Gasteiger partial charge in [0, 0.05) is 46.0 Å². The van der Waals surface area contributed by atoms with Crippen LogP contribution in [-0.2, 0) is 9.53 Å². The number of rotatable bonds is 6. The second kappa shape index (κ2) is 9.27. The van der Waals surface area contributed by atoms with Crippen molar-refractivity contribution in [2.45, 2.75) is 12.8 Å². The predicted molar refractivity (Wildman–Crippen MR) is 95.8 cm³/mol. The summed E-state index contributed by atoms with van der Waals surface area (Å²) in [6.45, 7) is 2.07. The van der Waals surface area contributed by atoms with Crippen molar-refractivity contribution in [2.75, 3.05) is 52.8 Å². The summed E-state index contributed by atoms with van der Waals surface area (Å²) >= 11 is 0. The van der Waals surface area contributed by atoms with Crippen molar-refractivity contribution in [3.63, 3.8) is 0 Å². The van der Waals surface area contributed by atoms with E-state index in [-0.39, 0.29) is 17.9 Å². The Bertz CT molecular complexity index is 591. The van der Waals surface area contributed by atoms with Gasteiger partial charge in [-0.25, -0.2) is 4.79 Å². The zero-order chi connectivity index (χ0) is 18.2. The lowest BCUT2D eigenvalue weighted by Gasteiger charge is -2.33. The van der Waals surface area contributed by atoms with Crippen LogP contribution in [0.3, 0.4) is 0 Å². The fraction of sp³-hybridized carbons (Fsp3) is 0.556. The van der Waals surface area contributed by atoms with E-state index in [1.54, 1.807) is 37.1 Å². The van der Waals surface area contributed by atoms with E-state index < -0.39 is 0 Å². The highest BCUT2D eigenvalue weighted by Crippen LogP contribution is 2.21. The van der Waals surface area contributed by atoms with E-state index in [4.69, 9.17) is 9.47 Å². The number of carbonyl (C=O) groups is 2. The standard InChI is InChI=1S/C18H27N3O4/c1-20(2)17(22)14-6-5-9-21(13-14)18(23)19-15-7-4-8-16(12-15)25-11-10-24-3/h4,7-8,12,14H,5-6,9-11,13H2,1-3H3,(H,19,23)/t14-/m1/s1. The number of amides is 3. The molecular weight excluding hydrogens is 322 g/mol. The number of piperidine rings is 1. The Morgan fingerprint density at radius 3 is 2.84 bits per heavy atom. The number of ether oxygens (including phenoxy) is 2. The maximum absolute atomic E-state index is 12.5. The van der Waals surface area contributed by atoms with E-state index in [0.29, 0.717) is 37.7 Å². The smallest absolute Gasteiger partial charge is 0.321 e. The van der Waals surface area contributed by atoms with Crippen LogP contribution >= 0.6 is 0 Å². The summed E-state index contributed by atoms with van der Waals surface area (Å²) in [5.74, 6) is 0.624. The van der Waals surface area contributed by atoms with Gasteiger partial charge in [0.1, 0.15) is 12.4 Å². The van der Waals surface area contributed by atoms with E-state index >= 15 is 0 Å². The number of hydrogen-bond acceptors (Lipinski definition) is 4. The number of anilines is 1. The molecule has 1 aromatic rings. The van der Waals surface area contributed by atoms with Crippen molar-refractivity contribution in [1.29, 1.82) is 0 Å². The van der Waals surface area contributed by atoms with Gasteiger partial charge in [0.25, 0.3) is 0 Å². The van der Waals surface area contributed by atoms with Crippen LogP contribution in [-0.4, -0.2) is 69.2 Å². The molecule has 25 heavy (non-hydrogen) atoms. The van der Waals surface area contributed by atoms with Gasteiger partial charge >= 0.3 is 6.03 Å². The Hall–Kier alpha value is -2.28. The summed E-state index contributed by atoms with van der Waals surface area (Å²) in [6.07, 6.45) is 1.65. The average molecular weight is 349 g/mol. The minimum atomic E-state index is -0.190. The maximum atomic E-state index is 12.5. The van der Waals surface area contributed by atoms with Crippen LogP contribution in [0.5, 0.6) is 5.75 Å². The second-order valence-electron chi connectivity index (χ2n) is 6.32. The first kappa shape index (κ1) is 19.1. The largest absolute Gasteiger partial charge is 0.491 e. The van der Waals surface area contributed by atoms with Crippen LogP contribution in [0.25, 0.3) is 0 Å². The molecule has 1 aromatic carbocycles. The molecule has 0 radical (unpaired) electrons. The van der Waals surface area contributed by atoms with E-state index in [2.05, 4.69) is 5.32 Å². The third-order valence-corrected chi connectivity index (χ3v) is 4.14. The van der Waals surface area contributed by atoms with Gasteiger partial charge in [-0.1, -0.05) is 6.07 Å². The fourth-order valence-corrected chi connectivity index (χ4v) is 2.84. The molecule has 1 aliphatic rings. The fourth-order valence-electron chi connectivity index (χ4n) is 2.84. The first-order valence-electron chi connectivity index (χ1n) is 8.50. The molecule has 1 N–H and O–H groups in total. The first-order valence-corrected chi connectivity index (χ1v) is 8.50. The number of nitrogens with zero attached hydrogens (tertiary/aromatic N) is 2.